The molecule has 0 radical (unpaired) electrons. The molecule has 0 aliphatic carbocycles. The van der Waals surface area contributed by atoms with Gasteiger partial charge in [-0.3, -0.25) is 0 Å². The number of nitrogens with zero attached hydrogens (tertiary/aromatic N) is 3. The first-order chi connectivity index (χ1) is 14.0. The normalized spacial score (nSPS) is 10.1. The van der Waals surface area contributed by atoms with Crippen LogP contribution in [-0.4, -0.2) is 18.1 Å². The molecule has 8 heteroatoms. The molecule has 1 heterocycles. The van der Waals surface area contributed by atoms with Crippen LogP contribution < -0.4 is 5.73 Å². The van der Waals surface area contributed by atoms with E-state index in [9.17, 15) is 15.3 Å². The Morgan fingerprint density at radius 2 is 1.83 bits per heavy atom. The number of benzene rings is 2. The first-order valence-corrected chi connectivity index (χ1v) is 9.43. The third-order valence-corrected chi connectivity index (χ3v) is 5.25. The highest BCUT2D eigenvalue weighted by Crippen LogP contribution is 2.38. The summed E-state index contributed by atoms with van der Waals surface area (Å²) in [5.41, 5.74) is 7.75. The summed E-state index contributed by atoms with van der Waals surface area (Å²) in [6.45, 7) is 0. The Bertz CT molecular complexity index is 1180. The molecule has 0 amide bonds. The van der Waals surface area contributed by atoms with Gasteiger partial charge in [0.15, 0.2) is 0 Å². The predicted molar refractivity (Wildman–Crippen MR) is 110 cm³/mol. The van der Waals surface area contributed by atoms with Crippen LogP contribution >= 0.6 is 23.4 Å². The van der Waals surface area contributed by atoms with E-state index >= 15 is 0 Å². The highest BCUT2D eigenvalue weighted by molar-refractivity contribution is 7.99. The molecule has 3 aromatic rings. The predicted octanol–water partition coefficient (Wildman–Crippen LogP) is 4.67. The second-order valence-electron chi connectivity index (χ2n) is 5.78. The summed E-state index contributed by atoms with van der Waals surface area (Å²) >= 11 is 7.13. The zero-order chi connectivity index (χ0) is 21.0. The first-order valence-electron chi connectivity index (χ1n) is 8.24. The Hall–Kier alpha value is -3.52. The van der Waals surface area contributed by atoms with Crippen LogP contribution in [0.4, 0.5) is 5.82 Å². The lowest BCUT2D eigenvalue weighted by Crippen LogP contribution is -2.03. The van der Waals surface area contributed by atoms with Crippen LogP contribution in [0.3, 0.4) is 0 Å². The van der Waals surface area contributed by atoms with Crippen molar-refractivity contribution in [1.82, 2.24) is 4.98 Å². The lowest BCUT2D eigenvalue weighted by molar-refractivity contribution is 0.0600. The van der Waals surface area contributed by atoms with E-state index in [-0.39, 0.29) is 16.9 Å². The first kappa shape index (κ1) is 20.2. The quantitative estimate of drug-likeness (QED) is 0.610. The number of nitrogen functional groups attached to an aromatic ring is 1. The number of nitrogens with two attached hydrogens (primary N) is 1. The number of hydrogen-bond acceptors (Lipinski definition) is 7. The van der Waals surface area contributed by atoms with Crippen molar-refractivity contribution in [2.75, 3.05) is 12.8 Å². The van der Waals surface area contributed by atoms with Crippen molar-refractivity contribution in [3.8, 4) is 23.3 Å². The maximum absolute atomic E-state index is 11.8. The fourth-order valence-electron chi connectivity index (χ4n) is 2.69. The van der Waals surface area contributed by atoms with Gasteiger partial charge in [0.2, 0.25) is 0 Å². The summed E-state index contributed by atoms with van der Waals surface area (Å²) in [6, 6.07) is 17.7. The van der Waals surface area contributed by atoms with E-state index in [0.29, 0.717) is 31.6 Å². The molecule has 0 unspecified atom stereocenters. The van der Waals surface area contributed by atoms with E-state index in [2.05, 4.69) is 11.1 Å². The van der Waals surface area contributed by atoms with Crippen LogP contribution in [0.5, 0.6) is 0 Å². The van der Waals surface area contributed by atoms with Gasteiger partial charge >= 0.3 is 5.97 Å². The monoisotopic (exact) mass is 420 g/mol. The second-order valence-corrected chi connectivity index (χ2v) is 7.28. The Balaban J connectivity index is 2.16. The fraction of sp³-hybridized carbons (Fsp3) is 0.0476. The van der Waals surface area contributed by atoms with Gasteiger partial charge in [-0.15, -0.1) is 0 Å². The maximum atomic E-state index is 11.8. The molecular formula is C21H13ClN4O2S. The number of ether oxygens (including phenoxy) is 1. The van der Waals surface area contributed by atoms with Gasteiger partial charge in [-0.1, -0.05) is 41.6 Å². The third kappa shape index (κ3) is 4.17. The molecule has 29 heavy (non-hydrogen) atoms. The summed E-state index contributed by atoms with van der Waals surface area (Å²) in [5, 5.41) is 20.3. The molecule has 0 aliphatic heterocycles. The zero-order valence-corrected chi connectivity index (χ0v) is 16.7. The molecule has 142 valence electrons. The molecule has 0 saturated carbocycles. The number of pyridine rings is 1. The largest absolute Gasteiger partial charge is 0.465 e. The molecule has 0 spiro atoms. The minimum Gasteiger partial charge on any atom is -0.465 e. The molecule has 2 aromatic carbocycles. The van der Waals surface area contributed by atoms with Crippen molar-refractivity contribution in [2.45, 2.75) is 9.92 Å². The van der Waals surface area contributed by atoms with E-state index in [4.69, 9.17) is 22.1 Å². The Kier molecular flexibility index (Phi) is 6.04. The Morgan fingerprint density at radius 3 is 2.45 bits per heavy atom. The fourth-order valence-corrected chi connectivity index (χ4v) is 3.77. The summed E-state index contributed by atoms with van der Waals surface area (Å²) in [7, 11) is 1.30. The van der Waals surface area contributed by atoms with Crippen LogP contribution in [0.2, 0.25) is 5.02 Å². The van der Waals surface area contributed by atoms with E-state index in [1.54, 1.807) is 48.5 Å². The summed E-state index contributed by atoms with van der Waals surface area (Å²) < 4.78 is 4.74. The van der Waals surface area contributed by atoms with Gasteiger partial charge in [-0.25, -0.2) is 9.78 Å². The van der Waals surface area contributed by atoms with Crippen LogP contribution in [0.15, 0.2) is 58.5 Å². The van der Waals surface area contributed by atoms with Crippen molar-refractivity contribution in [1.29, 1.82) is 10.5 Å². The van der Waals surface area contributed by atoms with Gasteiger partial charge in [-0.05, 0) is 35.9 Å². The lowest BCUT2D eigenvalue weighted by atomic mass is 9.97. The average molecular weight is 421 g/mol. The number of methoxy groups -OCH3 is 1. The number of nitriles is 2. The van der Waals surface area contributed by atoms with Crippen molar-refractivity contribution < 1.29 is 9.53 Å². The molecule has 6 nitrogen and oxygen atoms in total. The van der Waals surface area contributed by atoms with Crippen molar-refractivity contribution >= 4 is 35.1 Å². The number of anilines is 1. The molecular weight excluding hydrogens is 408 g/mol. The number of hydrogen-bond donors (Lipinski definition) is 1. The lowest BCUT2D eigenvalue weighted by Gasteiger charge is -2.13. The van der Waals surface area contributed by atoms with Crippen molar-refractivity contribution in [2.24, 2.45) is 0 Å². The number of esters is 1. The highest BCUT2D eigenvalue weighted by atomic mass is 35.5. The van der Waals surface area contributed by atoms with Gasteiger partial charge in [0.1, 0.15) is 28.5 Å². The number of halogens is 1. The molecule has 0 atom stereocenters. The highest BCUT2D eigenvalue weighted by Gasteiger charge is 2.21. The van der Waals surface area contributed by atoms with Gasteiger partial charge < -0.3 is 10.5 Å². The topological polar surface area (TPSA) is 113 Å². The SMILES string of the molecule is COC(=O)c1cccc(Sc2nc(N)c(C#N)c(-c3ccc(Cl)cc3)c2C#N)c1. The van der Waals surface area contributed by atoms with Crippen molar-refractivity contribution in [3.63, 3.8) is 0 Å². The zero-order valence-electron chi connectivity index (χ0n) is 15.1. The maximum Gasteiger partial charge on any atom is 0.337 e. The Labute approximate surface area is 176 Å². The summed E-state index contributed by atoms with van der Waals surface area (Å²) in [5.74, 6) is -0.454. The smallest absolute Gasteiger partial charge is 0.337 e. The van der Waals surface area contributed by atoms with Crippen LogP contribution in [-0.2, 0) is 4.74 Å². The number of carbonyl (C=O) groups excluding carboxylic acids is 1. The summed E-state index contributed by atoms with van der Waals surface area (Å²) in [4.78, 5) is 16.7. The van der Waals surface area contributed by atoms with Gasteiger partial charge in [0, 0.05) is 15.5 Å². The van der Waals surface area contributed by atoms with E-state index in [0.717, 1.165) is 0 Å². The van der Waals surface area contributed by atoms with Crippen LogP contribution in [0.25, 0.3) is 11.1 Å². The molecule has 1 aromatic heterocycles. The van der Waals surface area contributed by atoms with Crippen LogP contribution in [0.1, 0.15) is 21.5 Å². The van der Waals surface area contributed by atoms with Crippen LogP contribution in [0, 0.1) is 22.7 Å². The third-order valence-electron chi connectivity index (χ3n) is 4.02. The van der Waals surface area contributed by atoms with E-state index < -0.39 is 5.97 Å². The van der Waals surface area contributed by atoms with Gasteiger partial charge in [0.05, 0.1) is 18.2 Å². The average Bonchev–Trinajstić information content (AvgIpc) is 2.73. The van der Waals surface area contributed by atoms with Gasteiger partial charge in [0.25, 0.3) is 0 Å². The number of aromatic nitrogens is 1. The van der Waals surface area contributed by atoms with E-state index in [1.807, 2.05) is 6.07 Å². The standard InChI is InChI=1S/C21H13ClN4O2S/c1-28-21(27)13-3-2-4-15(9-13)29-20-17(11-24)18(16(10-23)19(25)26-20)12-5-7-14(22)8-6-12/h2-9H,1H3,(H2,25,26). The van der Waals surface area contributed by atoms with E-state index in [1.165, 1.54) is 18.9 Å². The number of rotatable bonds is 4. The van der Waals surface area contributed by atoms with Crippen molar-refractivity contribution in [3.05, 3.63) is 70.2 Å². The molecule has 3 rings (SSSR count). The number of carbonyl (C=O) groups is 1. The molecule has 0 fully saturated rings. The molecule has 0 saturated heterocycles. The molecule has 2 N–H and O–H groups in total. The summed E-state index contributed by atoms with van der Waals surface area (Å²) in [6.07, 6.45) is 0. The van der Waals surface area contributed by atoms with Gasteiger partial charge in [-0.2, -0.15) is 10.5 Å². The second kappa shape index (κ2) is 8.66. The minimum absolute atomic E-state index is 0.0167. The molecule has 0 aliphatic rings. The minimum atomic E-state index is -0.470. The molecule has 0 bridgehead atoms. The Morgan fingerprint density at radius 1 is 1.14 bits per heavy atom.